The first-order chi connectivity index (χ1) is 7.15. The van der Waals surface area contributed by atoms with E-state index in [0.29, 0.717) is 32.4 Å². The Bertz CT molecular complexity index is 242. The van der Waals surface area contributed by atoms with Crippen molar-refractivity contribution in [2.24, 2.45) is 11.8 Å². The van der Waals surface area contributed by atoms with Crippen LogP contribution in [0.1, 0.15) is 19.3 Å². The summed E-state index contributed by atoms with van der Waals surface area (Å²) < 4.78 is 4.81. The van der Waals surface area contributed by atoms with Gasteiger partial charge in [0, 0.05) is 19.6 Å². The normalized spacial score (nSPS) is 25.1. The van der Waals surface area contributed by atoms with Gasteiger partial charge in [-0.2, -0.15) is 0 Å². The maximum atomic E-state index is 11.5. The maximum absolute atomic E-state index is 11.5. The highest BCUT2D eigenvalue weighted by molar-refractivity contribution is 5.80. The van der Waals surface area contributed by atoms with Crippen LogP contribution in [0.25, 0.3) is 0 Å². The van der Waals surface area contributed by atoms with Crippen LogP contribution in [0.5, 0.6) is 0 Å². The van der Waals surface area contributed by atoms with Crippen molar-refractivity contribution >= 4 is 11.9 Å². The molecule has 0 spiro atoms. The van der Waals surface area contributed by atoms with E-state index in [1.807, 2.05) is 0 Å². The molecule has 1 rings (SSSR count). The Hall–Kier alpha value is -1.10. The first kappa shape index (κ1) is 12.0. The molecule has 0 aromatic heterocycles. The molecule has 0 bridgehead atoms. The van der Waals surface area contributed by atoms with E-state index in [9.17, 15) is 9.59 Å². The lowest BCUT2D eigenvalue weighted by atomic mass is 10.0. The van der Waals surface area contributed by atoms with Crippen molar-refractivity contribution in [2.45, 2.75) is 19.3 Å². The predicted octanol–water partition coefficient (Wildman–Crippen LogP) is 0.250. The van der Waals surface area contributed by atoms with Crippen LogP contribution in [0.2, 0.25) is 0 Å². The van der Waals surface area contributed by atoms with Crippen molar-refractivity contribution in [3.05, 3.63) is 0 Å². The fourth-order valence-electron chi connectivity index (χ4n) is 1.86. The van der Waals surface area contributed by atoms with E-state index in [1.54, 1.807) is 7.11 Å². The zero-order chi connectivity index (χ0) is 11.3. The molecule has 0 radical (unpaired) electrons. The summed E-state index contributed by atoms with van der Waals surface area (Å²) in [5, 5.41) is 11.5. The number of amides is 1. The third-order valence-electron chi connectivity index (χ3n) is 2.76. The SMILES string of the molecule is COCCNC(=O)[C@@H]1CC[C@H](C(=O)O)C1. The lowest BCUT2D eigenvalue weighted by Crippen LogP contribution is -2.32. The molecule has 15 heavy (non-hydrogen) atoms. The van der Waals surface area contributed by atoms with E-state index >= 15 is 0 Å². The molecule has 0 saturated heterocycles. The molecule has 2 N–H and O–H groups in total. The molecule has 0 unspecified atom stereocenters. The van der Waals surface area contributed by atoms with Crippen LogP contribution < -0.4 is 5.32 Å². The van der Waals surface area contributed by atoms with Crippen LogP contribution in [0, 0.1) is 11.8 Å². The largest absolute Gasteiger partial charge is 0.481 e. The molecular weight excluding hydrogens is 198 g/mol. The molecule has 5 nitrogen and oxygen atoms in total. The number of ether oxygens (including phenoxy) is 1. The van der Waals surface area contributed by atoms with Crippen molar-refractivity contribution in [1.29, 1.82) is 0 Å². The van der Waals surface area contributed by atoms with Crippen molar-refractivity contribution in [3.8, 4) is 0 Å². The van der Waals surface area contributed by atoms with Crippen molar-refractivity contribution in [2.75, 3.05) is 20.3 Å². The summed E-state index contributed by atoms with van der Waals surface area (Å²) in [5.74, 6) is -1.32. The average molecular weight is 215 g/mol. The number of nitrogens with one attached hydrogen (secondary N) is 1. The molecule has 0 aromatic carbocycles. The summed E-state index contributed by atoms with van der Waals surface area (Å²) >= 11 is 0. The molecule has 1 fully saturated rings. The monoisotopic (exact) mass is 215 g/mol. The molecule has 0 aliphatic heterocycles. The number of hydrogen-bond donors (Lipinski definition) is 2. The van der Waals surface area contributed by atoms with Gasteiger partial charge in [-0.3, -0.25) is 9.59 Å². The quantitative estimate of drug-likeness (QED) is 0.644. The summed E-state index contributed by atoms with van der Waals surface area (Å²) in [4.78, 5) is 22.2. The number of carboxylic acids is 1. The standard InChI is InChI=1S/C10H17NO4/c1-15-5-4-11-9(12)7-2-3-8(6-7)10(13)14/h7-8H,2-6H2,1H3,(H,11,12)(H,13,14)/t7-,8+/m1/s1. The van der Waals surface area contributed by atoms with E-state index in [4.69, 9.17) is 9.84 Å². The Labute approximate surface area is 88.8 Å². The van der Waals surface area contributed by atoms with Gasteiger partial charge in [-0.1, -0.05) is 0 Å². The number of carbonyl (C=O) groups is 2. The number of carbonyl (C=O) groups excluding carboxylic acids is 1. The molecule has 0 aromatic rings. The number of hydrogen-bond acceptors (Lipinski definition) is 3. The van der Waals surface area contributed by atoms with Crippen LogP contribution in [-0.2, 0) is 14.3 Å². The van der Waals surface area contributed by atoms with Gasteiger partial charge < -0.3 is 15.2 Å². The van der Waals surface area contributed by atoms with Gasteiger partial charge in [0.15, 0.2) is 0 Å². The first-order valence-electron chi connectivity index (χ1n) is 5.14. The molecule has 5 heteroatoms. The van der Waals surface area contributed by atoms with Gasteiger partial charge in [0.2, 0.25) is 5.91 Å². The van der Waals surface area contributed by atoms with Crippen LogP contribution in [0.3, 0.4) is 0 Å². The Morgan fingerprint density at radius 2 is 2.07 bits per heavy atom. The minimum atomic E-state index is -0.790. The highest BCUT2D eigenvalue weighted by atomic mass is 16.5. The van der Waals surface area contributed by atoms with E-state index in [0.717, 1.165) is 0 Å². The van der Waals surface area contributed by atoms with Gasteiger partial charge in [0.1, 0.15) is 0 Å². The lowest BCUT2D eigenvalue weighted by Gasteiger charge is -2.10. The minimum Gasteiger partial charge on any atom is -0.481 e. The number of aliphatic carboxylic acids is 1. The summed E-state index contributed by atoms with van der Waals surface area (Å²) in [6.07, 6.45) is 1.75. The molecule has 1 aliphatic carbocycles. The Morgan fingerprint density at radius 1 is 1.40 bits per heavy atom. The zero-order valence-corrected chi connectivity index (χ0v) is 8.86. The number of carboxylic acid groups (broad SMARTS) is 1. The minimum absolute atomic E-state index is 0.0456. The fourth-order valence-corrected chi connectivity index (χ4v) is 1.86. The third kappa shape index (κ3) is 3.51. The molecule has 1 aliphatic rings. The molecule has 2 atom stereocenters. The molecule has 1 amide bonds. The second kappa shape index (κ2) is 5.70. The van der Waals surface area contributed by atoms with E-state index < -0.39 is 5.97 Å². The van der Waals surface area contributed by atoms with Gasteiger partial charge in [0.25, 0.3) is 0 Å². The third-order valence-corrected chi connectivity index (χ3v) is 2.76. The summed E-state index contributed by atoms with van der Waals surface area (Å²) in [6, 6.07) is 0. The molecular formula is C10H17NO4. The smallest absolute Gasteiger partial charge is 0.306 e. The predicted molar refractivity (Wildman–Crippen MR) is 53.4 cm³/mol. The number of methoxy groups -OCH3 is 1. The van der Waals surface area contributed by atoms with Gasteiger partial charge in [-0.15, -0.1) is 0 Å². The maximum Gasteiger partial charge on any atom is 0.306 e. The highest BCUT2D eigenvalue weighted by Gasteiger charge is 2.33. The van der Waals surface area contributed by atoms with Crippen LogP contribution in [0.4, 0.5) is 0 Å². The highest BCUT2D eigenvalue weighted by Crippen LogP contribution is 2.30. The Kier molecular flexibility index (Phi) is 4.55. The van der Waals surface area contributed by atoms with Gasteiger partial charge in [-0.05, 0) is 19.3 Å². The van der Waals surface area contributed by atoms with Crippen LogP contribution >= 0.6 is 0 Å². The first-order valence-corrected chi connectivity index (χ1v) is 5.14. The second-order valence-electron chi connectivity index (χ2n) is 3.83. The van der Waals surface area contributed by atoms with Crippen molar-refractivity contribution in [3.63, 3.8) is 0 Å². The van der Waals surface area contributed by atoms with E-state index in [-0.39, 0.29) is 17.7 Å². The van der Waals surface area contributed by atoms with E-state index in [1.165, 1.54) is 0 Å². The Balaban J connectivity index is 2.27. The summed E-state index contributed by atoms with van der Waals surface area (Å²) in [5.41, 5.74) is 0. The van der Waals surface area contributed by atoms with Crippen molar-refractivity contribution < 1.29 is 19.4 Å². The lowest BCUT2D eigenvalue weighted by molar-refractivity contribution is -0.141. The average Bonchev–Trinajstić information content (AvgIpc) is 2.66. The number of rotatable bonds is 5. The Morgan fingerprint density at radius 3 is 2.60 bits per heavy atom. The van der Waals surface area contributed by atoms with Gasteiger partial charge in [-0.25, -0.2) is 0 Å². The van der Waals surface area contributed by atoms with Gasteiger partial charge in [0.05, 0.1) is 12.5 Å². The van der Waals surface area contributed by atoms with E-state index in [2.05, 4.69) is 5.32 Å². The molecule has 0 heterocycles. The zero-order valence-electron chi connectivity index (χ0n) is 8.86. The summed E-state index contributed by atoms with van der Waals surface area (Å²) in [6.45, 7) is 0.977. The van der Waals surface area contributed by atoms with Crippen LogP contribution in [-0.4, -0.2) is 37.2 Å². The fraction of sp³-hybridized carbons (Fsp3) is 0.800. The van der Waals surface area contributed by atoms with Crippen molar-refractivity contribution in [1.82, 2.24) is 5.32 Å². The molecule has 86 valence electrons. The van der Waals surface area contributed by atoms with Gasteiger partial charge >= 0.3 is 5.97 Å². The molecule has 1 saturated carbocycles. The van der Waals surface area contributed by atoms with Crippen LogP contribution in [0.15, 0.2) is 0 Å². The second-order valence-corrected chi connectivity index (χ2v) is 3.83. The summed E-state index contributed by atoms with van der Waals surface area (Å²) in [7, 11) is 1.57. The topological polar surface area (TPSA) is 75.6 Å².